The van der Waals surface area contributed by atoms with Gasteiger partial charge in [0.15, 0.2) is 5.17 Å². The van der Waals surface area contributed by atoms with E-state index in [0.29, 0.717) is 22.2 Å². The molecule has 1 aliphatic rings. The number of benzene rings is 3. The summed E-state index contributed by atoms with van der Waals surface area (Å²) in [7, 11) is 1.38. The zero-order valence-corrected chi connectivity index (χ0v) is 21.1. The Bertz CT molecular complexity index is 1550. The van der Waals surface area contributed by atoms with Gasteiger partial charge in [-0.15, -0.1) is 0 Å². The standard InChI is InChI=1S/C29H25N3O3S/c1-18-11-19(2)13-23(12-18)30-29-31-27(33)26(36-29)15-22-17-32(25-10-5-4-9-24(22)25)16-20-7-6-8-21(14-20)28(34)35-3/h4-15,17H,16H2,1-3H3,(H,30,31,33)/b26-15-. The Labute approximate surface area is 213 Å². The number of nitrogens with zero attached hydrogens (tertiary/aromatic N) is 2. The summed E-state index contributed by atoms with van der Waals surface area (Å²) in [5.41, 5.74) is 6.56. The summed E-state index contributed by atoms with van der Waals surface area (Å²) in [6.45, 7) is 4.64. The third-order valence-electron chi connectivity index (χ3n) is 5.89. The van der Waals surface area contributed by atoms with Crippen LogP contribution in [0.2, 0.25) is 0 Å². The Morgan fingerprint density at radius 1 is 1.06 bits per heavy atom. The van der Waals surface area contributed by atoms with Crippen LogP contribution in [0.25, 0.3) is 17.0 Å². The number of hydrogen-bond acceptors (Lipinski definition) is 5. The van der Waals surface area contributed by atoms with Gasteiger partial charge in [-0.25, -0.2) is 9.79 Å². The number of nitrogens with one attached hydrogen (secondary N) is 1. The fourth-order valence-corrected chi connectivity index (χ4v) is 5.22. The molecule has 1 aliphatic heterocycles. The Balaban J connectivity index is 1.46. The van der Waals surface area contributed by atoms with Gasteiger partial charge in [0.05, 0.1) is 23.3 Å². The Kier molecular flexibility index (Phi) is 6.48. The van der Waals surface area contributed by atoms with Crippen LogP contribution in [-0.4, -0.2) is 28.7 Å². The monoisotopic (exact) mass is 495 g/mol. The van der Waals surface area contributed by atoms with Crippen molar-refractivity contribution in [3.05, 3.63) is 106 Å². The second-order valence-corrected chi connectivity index (χ2v) is 9.78. The van der Waals surface area contributed by atoms with Crippen molar-refractivity contribution >= 4 is 51.5 Å². The molecule has 2 heterocycles. The molecule has 0 bridgehead atoms. The lowest BCUT2D eigenvalue weighted by atomic mass is 10.1. The van der Waals surface area contributed by atoms with Gasteiger partial charge < -0.3 is 14.6 Å². The minimum atomic E-state index is -0.359. The fourth-order valence-electron chi connectivity index (χ4n) is 4.39. The van der Waals surface area contributed by atoms with Crippen LogP contribution in [0.5, 0.6) is 0 Å². The number of carbonyl (C=O) groups is 2. The molecule has 1 amide bonds. The minimum Gasteiger partial charge on any atom is -0.465 e. The molecule has 1 fully saturated rings. The molecule has 0 saturated carbocycles. The van der Waals surface area contributed by atoms with Crippen molar-refractivity contribution in [3.63, 3.8) is 0 Å². The van der Waals surface area contributed by atoms with E-state index in [1.54, 1.807) is 6.07 Å². The Morgan fingerprint density at radius 3 is 2.61 bits per heavy atom. The molecule has 180 valence electrons. The minimum absolute atomic E-state index is 0.161. The van der Waals surface area contributed by atoms with Crippen molar-refractivity contribution in [1.29, 1.82) is 0 Å². The van der Waals surface area contributed by atoms with Crippen LogP contribution in [-0.2, 0) is 16.1 Å². The number of methoxy groups -OCH3 is 1. The van der Waals surface area contributed by atoms with Gasteiger partial charge in [0, 0.05) is 29.2 Å². The number of esters is 1. The fraction of sp³-hybridized carbons (Fsp3) is 0.138. The smallest absolute Gasteiger partial charge is 0.337 e. The zero-order valence-electron chi connectivity index (χ0n) is 20.2. The van der Waals surface area contributed by atoms with E-state index in [2.05, 4.69) is 27.0 Å². The van der Waals surface area contributed by atoms with Crippen molar-refractivity contribution in [1.82, 2.24) is 9.88 Å². The van der Waals surface area contributed by atoms with Gasteiger partial charge in [-0.05, 0) is 78.7 Å². The van der Waals surface area contributed by atoms with Gasteiger partial charge in [-0.1, -0.05) is 36.4 Å². The summed E-state index contributed by atoms with van der Waals surface area (Å²) in [5, 5.41) is 4.50. The maximum atomic E-state index is 12.7. The molecule has 36 heavy (non-hydrogen) atoms. The lowest BCUT2D eigenvalue weighted by Gasteiger charge is -2.07. The van der Waals surface area contributed by atoms with Gasteiger partial charge in [-0.2, -0.15) is 0 Å². The first-order chi connectivity index (χ1) is 17.4. The topological polar surface area (TPSA) is 72.7 Å². The highest BCUT2D eigenvalue weighted by molar-refractivity contribution is 8.18. The predicted molar refractivity (Wildman–Crippen MR) is 146 cm³/mol. The number of rotatable bonds is 5. The normalized spacial score (nSPS) is 15.6. The van der Waals surface area contributed by atoms with Crippen LogP contribution in [0.4, 0.5) is 5.69 Å². The molecule has 7 heteroatoms. The lowest BCUT2D eigenvalue weighted by molar-refractivity contribution is -0.115. The van der Waals surface area contributed by atoms with E-state index in [1.165, 1.54) is 18.9 Å². The first kappa shape index (κ1) is 23.6. The number of para-hydroxylation sites is 1. The highest BCUT2D eigenvalue weighted by Gasteiger charge is 2.24. The van der Waals surface area contributed by atoms with E-state index in [1.807, 2.05) is 74.7 Å². The van der Waals surface area contributed by atoms with Crippen molar-refractivity contribution in [2.24, 2.45) is 4.99 Å². The molecule has 1 aromatic heterocycles. The zero-order chi connectivity index (χ0) is 25.2. The van der Waals surface area contributed by atoms with E-state index < -0.39 is 0 Å². The summed E-state index contributed by atoms with van der Waals surface area (Å²) in [6, 6.07) is 21.6. The van der Waals surface area contributed by atoms with Crippen LogP contribution in [0.3, 0.4) is 0 Å². The van der Waals surface area contributed by atoms with Gasteiger partial charge >= 0.3 is 5.97 Å². The average molecular weight is 496 g/mol. The summed E-state index contributed by atoms with van der Waals surface area (Å²) in [4.78, 5) is 29.9. The number of aliphatic imine (C=N–C) groups is 1. The van der Waals surface area contributed by atoms with Crippen molar-refractivity contribution < 1.29 is 14.3 Å². The van der Waals surface area contributed by atoms with E-state index in [-0.39, 0.29) is 11.9 Å². The summed E-state index contributed by atoms with van der Waals surface area (Å²) < 4.78 is 6.98. The summed E-state index contributed by atoms with van der Waals surface area (Å²) in [5.74, 6) is -0.520. The molecule has 0 radical (unpaired) electrons. The number of fused-ring (bicyclic) bond motifs is 1. The molecule has 5 rings (SSSR count). The Hall–Kier alpha value is -4.10. The van der Waals surface area contributed by atoms with Gasteiger partial charge in [0.1, 0.15) is 0 Å². The van der Waals surface area contributed by atoms with E-state index in [0.717, 1.165) is 38.8 Å². The van der Waals surface area contributed by atoms with Crippen molar-refractivity contribution in [2.45, 2.75) is 20.4 Å². The number of carbonyl (C=O) groups excluding carboxylic acids is 2. The molecule has 6 nitrogen and oxygen atoms in total. The molecule has 1 saturated heterocycles. The molecular formula is C29H25N3O3S. The lowest BCUT2D eigenvalue weighted by Crippen LogP contribution is -2.19. The SMILES string of the molecule is COC(=O)c1cccc(Cn2cc(/C=C3\SC(=Nc4cc(C)cc(C)c4)NC3=O)c3ccccc32)c1. The number of thioether (sulfide) groups is 1. The summed E-state index contributed by atoms with van der Waals surface area (Å²) in [6.07, 6.45) is 3.95. The number of hydrogen-bond donors (Lipinski definition) is 1. The predicted octanol–water partition coefficient (Wildman–Crippen LogP) is 5.98. The first-order valence-corrected chi connectivity index (χ1v) is 12.3. The number of amides is 1. The molecule has 3 aromatic carbocycles. The quantitative estimate of drug-likeness (QED) is 0.273. The molecular weight excluding hydrogens is 470 g/mol. The van der Waals surface area contributed by atoms with Crippen LogP contribution < -0.4 is 5.32 Å². The summed E-state index contributed by atoms with van der Waals surface area (Å²) >= 11 is 1.34. The van der Waals surface area contributed by atoms with Gasteiger partial charge in [0.2, 0.25) is 0 Å². The number of ether oxygens (including phenoxy) is 1. The Morgan fingerprint density at radius 2 is 1.83 bits per heavy atom. The number of amidine groups is 1. The van der Waals surface area contributed by atoms with Crippen LogP contribution >= 0.6 is 11.8 Å². The molecule has 0 unspecified atom stereocenters. The van der Waals surface area contributed by atoms with Crippen LogP contribution in [0.15, 0.2) is 82.8 Å². The second kappa shape index (κ2) is 9.87. The molecule has 1 N–H and O–H groups in total. The van der Waals surface area contributed by atoms with Crippen LogP contribution in [0.1, 0.15) is 32.6 Å². The average Bonchev–Trinajstić information content (AvgIpc) is 3.37. The number of aryl methyl sites for hydroxylation is 2. The highest BCUT2D eigenvalue weighted by atomic mass is 32.2. The van der Waals surface area contributed by atoms with E-state index >= 15 is 0 Å². The highest BCUT2D eigenvalue weighted by Crippen LogP contribution is 2.31. The van der Waals surface area contributed by atoms with Gasteiger partial charge in [0.25, 0.3) is 5.91 Å². The second-order valence-electron chi connectivity index (χ2n) is 8.75. The third-order valence-corrected chi connectivity index (χ3v) is 6.80. The first-order valence-electron chi connectivity index (χ1n) is 11.5. The third kappa shape index (κ3) is 4.97. The largest absolute Gasteiger partial charge is 0.465 e. The molecule has 0 atom stereocenters. The number of aromatic nitrogens is 1. The van der Waals surface area contributed by atoms with Gasteiger partial charge in [-0.3, -0.25) is 4.79 Å². The molecule has 4 aromatic rings. The van der Waals surface area contributed by atoms with Crippen molar-refractivity contribution in [2.75, 3.05) is 7.11 Å². The maximum Gasteiger partial charge on any atom is 0.337 e. The van der Waals surface area contributed by atoms with Crippen molar-refractivity contribution in [3.8, 4) is 0 Å². The molecule has 0 spiro atoms. The molecule has 0 aliphatic carbocycles. The van der Waals surface area contributed by atoms with E-state index in [4.69, 9.17) is 4.74 Å². The van der Waals surface area contributed by atoms with Crippen LogP contribution in [0, 0.1) is 13.8 Å². The maximum absolute atomic E-state index is 12.7. The van der Waals surface area contributed by atoms with E-state index in [9.17, 15) is 9.59 Å².